The second-order valence-electron chi connectivity index (χ2n) is 6.50. The number of nitrogens with zero attached hydrogens (tertiary/aromatic N) is 2. The average molecular weight is 325 g/mol. The third-order valence-electron chi connectivity index (χ3n) is 4.41. The predicted molar refractivity (Wildman–Crippen MR) is 101 cm³/mol. The minimum atomic E-state index is 0.844. The van der Waals surface area contributed by atoms with E-state index in [9.17, 15) is 0 Å². The maximum Gasteiger partial charge on any atom is 0.0594 e. The molecule has 0 radical (unpaired) electrons. The number of hydrogen-bond donors (Lipinski definition) is 1. The van der Waals surface area contributed by atoms with E-state index < -0.39 is 0 Å². The number of nitrogens with one attached hydrogen (secondary N) is 1. The highest BCUT2D eigenvalue weighted by atomic mass is 16.5. The van der Waals surface area contributed by atoms with E-state index in [2.05, 4.69) is 77.7 Å². The van der Waals surface area contributed by atoms with E-state index in [0.29, 0.717) is 0 Å². The second kappa shape index (κ2) is 8.18. The van der Waals surface area contributed by atoms with Crippen LogP contribution in [-0.2, 0) is 17.8 Å². The second-order valence-corrected chi connectivity index (χ2v) is 6.50. The van der Waals surface area contributed by atoms with Gasteiger partial charge in [0.1, 0.15) is 0 Å². The fraction of sp³-hybridized carbons (Fsp3) is 0.400. The summed E-state index contributed by atoms with van der Waals surface area (Å²) in [6, 6.07) is 17.4. The average Bonchev–Trinajstić information content (AvgIpc) is 2.62. The van der Waals surface area contributed by atoms with Gasteiger partial charge in [-0.05, 0) is 35.4 Å². The molecule has 128 valence electrons. The van der Waals surface area contributed by atoms with Crippen LogP contribution in [-0.4, -0.2) is 45.3 Å². The standard InChI is InChI=1S/C20H27N3O/c1-22(2)20-9-5-17(6-10-20)15-21-19-7-3-18(4-8-19)16-23-11-13-24-14-12-23/h3-10,21H,11-16H2,1-2H3. The van der Waals surface area contributed by atoms with Crippen molar-refractivity contribution in [1.82, 2.24) is 4.90 Å². The number of anilines is 2. The van der Waals surface area contributed by atoms with Crippen LogP contribution in [0.15, 0.2) is 48.5 Å². The maximum atomic E-state index is 5.40. The van der Waals surface area contributed by atoms with Crippen LogP contribution in [0.25, 0.3) is 0 Å². The van der Waals surface area contributed by atoms with Gasteiger partial charge in [-0.2, -0.15) is 0 Å². The van der Waals surface area contributed by atoms with Gasteiger partial charge in [0, 0.05) is 51.6 Å². The van der Waals surface area contributed by atoms with Crippen molar-refractivity contribution in [3.8, 4) is 0 Å². The first-order chi connectivity index (χ1) is 11.7. The normalized spacial score (nSPS) is 15.2. The molecule has 1 heterocycles. The van der Waals surface area contributed by atoms with Crippen molar-refractivity contribution in [2.45, 2.75) is 13.1 Å². The van der Waals surface area contributed by atoms with Gasteiger partial charge in [-0.3, -0.25) is 4.90 Å². The van der Waals surface area contributed by atoms with Gasteiger partial charge in [0.15, 0.2) is 0 Å². The highest BCUT2D eigenvalue weighted by Crippen LogP contribution is 2.16. The van der Waals surface area contributed by atoms with Crippen molar-refractivity contribution in [3.63, 3.8) is 0 Å². The van der Waals surface area contributed by atoms with Gasteiger partial charge in [0.25, 0.3) is 0 Å². The molecule has 0 spiro atoms. The van der Waals surface area contributed by atoms with E-state index in [-0.39, 0.29) is 0 Å². The molecular formula is C20H27N3O. The topological polar surface area (TPSA) is 27.7 Å². The van der Waals surface area contributed by atoms with Crippen LogP contribution >= 0.6 is 0 Å². The predicted octanol–water partition coefficient (Wildman–Crippen LogP) is 3.20. The quantitative estimate of drug-likeness (QED) is 0.883. The van der Waals surface area contributed by atoms with E-state index in [1.54, 1.807) is 0 Å². The summed E-state index contributed by atoms with van der Waals surface area (Å²) in [4.78, 5) is 4.56. The van der Waals surface area contributed by atoms with Gasteiger partial charge in [-0.25, -0.2) is 0 Å². The van der Waals surface area contributed by atoms with E-state index in [0.717, 1.165) is 45.1 Å². The van der Waals surface area contributed by atoms with Crippen molar-refractivity contribution in [2.24, 2.45) is 0 Å². The Balaban J connectivity index is 1.50. The Labute approximate surface area is 145 Å². The summed E-state index contributed by atoms with van der Waals surface area (Å²) in [5.41, 5.74) is 5.04. The van der Waals surface area contributed by atoms with Crippen molar-refractivity contribution in [3.05, 3.63) is 59.7 Å². The number of benzene rings is 2. The molecular weight excluding hydrogens is 298 g/mol. The number of ether oxygens (including phenoxy) is 1. The zero-order valence-electron chi connectivity index (χ0n) is 14.7. The van der Waals surface area contributed by atoms with Gasteiger partial charge in [-0.1, -0.05) is 24.3 Å². The van der Waals surface area contributed by atoms with Crippen LogP contribution in [0.2, 0.25) is 0 Å². The zero-order chi connectivity index (χ0) is 16.8. The van der Waals surface area contributed by atoms with Gasteiger partial charge in [0.2, 0.25) is 0 Å². The minimum absolute atomic E-state index is 0.844. The number of morpholine rings is 1. The van der Waals surface area contributed by atoms with Crippen LogP contribution in [0.5, 0.6) is 0 Å². The molecule has 1 saturated heterocycles. The van der Waals surface area contributed by atoms with Gasteiger partial charge >= 0.3 is 0 Å². The molecule has 0 amide bonds. The third kappa shape index (κ3) is 4.73. The van der Waals surface area contributed by atoms with E-state index in [4.69, 9.17) is 4.74 Å². The summed E-state index contributed by atoms with van der Waals surface area (Å²) in [5, 5.41) is 3.49. The summed E-state index contributed by atoms with van der Waals surface area (Å²) < 4.78 is 5.40. The molecule has 3 rings (SSSR count). The largest absolute Gasteiger partial charge is 0.381 e. The molecule has 0 aromatic heterocycles. The molecule has 2 aromatic rings. The van der Waals surface area contributed by atoms with Crippen LogP contribution in [0.3, 0.4) is 0 Å². The van der Waals surface area contributed by atoms with E-state index >= 15 is 0 Å². The molecule has 1 N–H and O–H groups in total. The highest BCUT2D eigenvalue weighted by Gasteiger charge is 2.10. The lowest BCUT2D eigenvalue weighted by atomic mass is 10.1. The molecule has 0 atom stereocenters. The molecule has 4 heteroatoms. The monoisotopic (exact) mass is 325 g/mol. The first-order valence-electron chi connectivity index (χ1n) is 8.60. The molecule has 24 heavy (non-hydrogen) atoms. The smallest absolute Gasteiger partial charge is 0.0594 e. The van der Waals surface area contributed by atoms with E-state index in [1.807, 2.05) is 0 Å². The number of hydrogen-bond acceptors (Lipinski definition) is 4. The Bertz CT molecular complexity index is 616. The molecule has 0 unspecified atom stereocenters. The van der Waals surface area contributed by atoms with Gasteiger partial charge < -0.3 is 15.0 Å². The molecule has 0 bridgehead atoms. The van der Waals surface area contributed by atoms with Crippen LogP contribution in [0.1, 0.15) is 11.1 Å². The van der Waals surface area contributed by atoms with Crippen molar-refractivity contribution in [1.29, 1.82) is 0 Å². The zero-order valence-corrected chi connectivity index (χ0v) is 14.7. The molecule has 1 aliphatic rings. The lowest BCUT2D eigenvalue weighted by molar-refractivity contribution is 0.0342. The fourth-order valence-electron chi connectivity index (χ4n) is 2.86. The van der Waals surface area contributed by atoms with Crippen molar-refractivity contribution in [2.75, 3.05) is 50.6 Å². The molecule has 0 saturated carbocycles. The first-order valence-corrected chi connectivity index (χ1v) is 8.60. The molecule has 0 aliphatic carbocycles. The summed E-state index contributed by atoms with van der Waals surface area (Å²) in [7, 11) is 4.12. The third-order valence-corrected chi connectivity index (χ3v) is 4.41. The molecule has 1 fully saturated rings. The Morgan fingerprint density at radius 2 is 1.54 bits per heavy atom. The summed E-state index contributed by atoms with van der Waals surface area (Å²) in [6.45, 7) is 5.62. The molecule has 4 nitrogen and oxygen atoms in total. The lowest BCUT2D eigenvalue weighted by Crippen LogP contribution is -2.35. The maximum absolute atomic E-state index is 5.40. The molecule has 1 aliphatic heterocycles. The van der Waals surface area contributed by atoms with Crippen molar-refractivity contribution < 1.29 is 4.74 Å². The Morgan fingerprint density at radius 1 is 0.917 bits per heavy atom. The van der Waals surface area contributed by atoms with Gasteiger partial charge in [-0.15, -0.1) is 0 Å². The van der Waals surface area contributed by atoms with Crippen LogP contribution in [0, 0.1) is 0 Å². The molecule has 2 aromatic carbocycles. The minimum Gasteiger partial charge on any atom is -0.381 e. The number of rotatable bonds is 6. The fourth-order valence-corrected chi connectivity index (χ4v) is 2.86. The Hall–Kier alpha value is -2.04. The Kier molecular flexibility index (Phi) is 5.72. The summed E-state index contributed by atoms with van der Waals surface area (Å²) >= 11 is 0. The summed E-state index contributed by atoms with van der Waals surface area (Å²) in [5.74, 6) is 0. The van der Waals surface area contributed by atoms with E-state index in [1.165, 1.54) is 16.8 Å². The lowest BCUT2D eigenvalue weighted by Gasteiger charge is -2.26. The summed E-state index contributed by atoms with van der Waals surface area (Å²) in [6.07, 6.45) is 0. The highest BCUT2D eigenvalue weighted by molar-refractivity contribution is 5.48. The first kappa shape index (κ1) is 16.8. The Morgan fingerprint density at radius 3 is 2.17 bits per heavy atom. The SMILES string of the molecule is CN(C)c1ccc(CNc2ccc(CN3CCOCC3)cc2)cc1. The van der Waals surface area contributed by atoms with Gasteiger partial charge in [0.05, 0.1) is 13.2 Å². The van der Waals surface area contributed by atoms with Crippen molar-refractivity contribution >= 4 is 11.4 Å². The van der Waals surface area contributed by atoms with Crippen LogP contribution < -0.4 is 10.2 Å². The van der Waals surface area contributed by atoms with Crippen LogP contribution in [0.4, 0.5) is 11.4 Å².